The summed E-state index contributed by atoms with van der Waals surface area (Å²) < 4.78 is 1.96. The van der Waals surface area contributed by atoms with Crippen LogP contribution in [0.4, 0.5) is 5.69 Å². The van der Waals surface area contributed by atoms with Gasteiger partial charge in [-0.15, -0.1) is 0 Å². The van der Waals surface area contributed by atoms with E-state index in [1.165, 1.54) is 0 Å². The highest BCUT2D eigenvalue weighted by Crippen LogP contribution is 2.27. The fourth-order valence-corrected chi connectivity index (χ4v) is 1.83. The van der Waals surface area contributed by atoms with Gasteiger partial charge in [-0.2, -0.15) is 0 Å². The maximum absolute atomic E-state index is 6.06. The van der Waals surface area contributed by atoms with Gasteiger partial charge < -0.3 is 5.73 Å². The van der Waals surface area contributed by atoms with E-state index in [1.54, 1.807) is 0 Å². The van der Waals surface area contributed by atoms with Crippen molar-refractivity contribution in [1.82, 2.24) is 9.38 Å². The third-order valence-electron chi connectivity index (χ3n) is 2.29. The molecule has 0 atom stereocenters. The summed E-state index contributed by atoms with van der Waals surface area (Å²) >= 11 is 6.06. The Morgan fingerprint density at radius 3 is 2.60 bits per heavy atom. The minimum Gasteiger partial charge on any atom is -0.398 e. The molecule has 0 spiro atoms. The molecule has 15 heavy (non-hydrogen) atoms. The van der Waals surface area contributed by atoms with E-state index in [2.05, 4.69) is 25.8 Å². The van der Waals surface area contributed by atoms with Gasteiger partial charge in [0.2, 0.25) is 0 Å². The van der Waals surface area contributed by atoms with Gasteiger partial charge in [-0.1, -0.05) is 32.4 Å². The fourth-order valence-electron chi connectivity index (χ4n) is 1.59. The zero-order valence-electron chi connectivity index (χ0n) is 9.08. The van der Waals surface area contributed by atoms with Gasteiger partial charge in [0.1, 0.15) is 5.82 Å². The number of nitrogens with two attached hydrogens (primary N) is 1. The molecule has 0 saturated heterocycles. The Labute approximate surface area is 93.9 Å². The summed E-state index contributed by atoms with van der Waals surface area (Å²) in [5.41, 5.74) is 7.31. The largest absolute Gasteiger partial charge is 0.398 e. The highest BCUT2D eigenvalue weighted by molar-refractivity contribution is 6.32. The van der Waals surface area contributed by atoms with E-state index in [-0.39, 0.29) is 5.41 Å². The van der Waals surface area contributed by atoms with E-state index in [1.807, 2.05) is 22.7 Å². The zero-order valence-corrected chi connectivity index (χ0v) is 9.84. The number of rotatable bonds is 0. The molecule has 2 heterocycles. The molecule has 0 saturated carbocycles. The van der Waals surface area contributed by atoms with Crippen LogP contribution in [0.3, 0.4) is 0 Å². The van der Waals surface area contributed by atoms with E-state index in [9.17, 15) is 0 Å². The Morgan fingerprint density at radius 1 is 1.33 bits per heavy atom. The topological polar surface area (TPSA) is 43.3 Å². The van der Waals surface area contributed by atoms with E-state index < -0.39 is 0 Å². The summed E-state index contributed by atoms with van der Waals surface area (Å²) in [6.07, 6.45) is 1.86. The molecule has 2 N–H and O–H groups in total. The molecule has 0 unspecified atom stereocenters. The van der Waals surface area contributed by atoms with Gasteiger partial charge in [0.15, 0.2) is 5.15 Å². The summed E-state index contributed by atoms with van der Waals surface area (Å²) in [4.78, 5) is 4.37. The van der Waals surface area contributed by atoms with E-state index in [0.717, 1.165) is 11.3 Å². The molecular weight excluding hydrogens is 210 g/mol. The summed E-state index contributed by atoms with van der Waals surface area (Å²) in [7, 11) is 0. The van der Waals surface area contributed by atoms with Crippen molar-refractivity contribution < 1.29 is 0 Å². The molecule has 0 aliphatic carbocycles. The first kappa shape index (κ1) is 10.3. The van der Waals surface area contributed by atoms with Gasteiger partial charge >= 0.3 is 0 Å². The van der Waals surface area contributed by atoms with Gasteiger partial charge in [-0.25, -0.2) is 4.98 Å². The summed E-state index contributed by atoms with van der Waals surface area (Å²) in [5, 5.41) is 0.528. The lowest BCUT2D eigenvalue weighted by molar-refractivity contribution is 0.543. The SMILES string of the molecule is CC(C)(C)c1nc(Cl)c2ccc(N)cn12. The molecule has 2 rings (SSSR count). The predicted octanol–water partition coefficient (Wildman–Crippen LogP) is 2.87. The monoisotopic (exact) mass is 223 g/mol. The third-order valence-corrected chi connectivity index (χ3v) is 2.56. The van der Waals surface area contributed by atoms with Gasteiger partial charge in [0.05, 0.1) is 5.52 Å². The highest BCUT2D eigenvalue weighted by atomic mass is 35.5. The van der Waals surface area contributed by atoms with Crippen LogP contribution in [0.25, 0.3) is 5.52 Å². The predicted molar refractivity (Wildman–Crippen MR) is 63.3 cm³/mol. The normalized spacial score (nSPS) is 12.3. The number of aromatic nitrogens is 2. The minimum absolute atomic E-state index is 0.0517. The number of pyridine rings is 1. The number of hydrogen-bond donors (Lipinski definition) is 1. The van der Waals surface area contributed by atoms with E-state index in [4.69, 9.17) is 17.3 Å². The van der Waals surface area contributed by atoms with Gasteiger partial charge in [-0.05, 0) is 12.1 Å². The second kappa shape index (κ2) is 3.14. The Bertz CT molecular complexity index is 508. The van der Waals surface area contributed by atoms with Crippen molar-refractivity contribution in [1.29, 1.82) is 0 Å². The number of imidazole rings is 1. The highest BCUT2D eigenvalue weighted by Gasteiger charge is 2.21. The van der Waals surface area contributed by atoms with Crippen LogP contribution in [0.5, 0.6) is 0 Å². The smallest absolute Gasteiger partial charge is 0.155 e. The summed E-state index contributed by atoms with van der Waals surface area (Å²) in [5.74, 6) is 0.926. The number of fused-ring (bicyclic) bond motifs is 1. The molecular formula is C11H14ClN3. The number of hydrogen-bond acceptors (Lipinski definition) is 2. The zero-order chi connectivity index (χ0) is 11.2. The van der Waals surface area contributed by atoms with Crippen molar-refractivity contribution in [3.05, 3.63) is 29.3 Å². The number of nitrogen functional groups attached to an aromatic ring is 1. The molecule has 2 aromatic rings. The molecule has 0 aliphatic heterocycles. The molecule has 4 heteroatoms. The Kier molecular flexibility index (Phi) is 2.15. The van der Waals surface area contributed by atoms with Crippen molar-refractivity contribution in [2.24, 2.45) is 0 Å². The lowest BCUT2D eigenvalue weighted by Crippen LogP contribution is -2.15. The van der Waals surface area contributed by atoms with Gasteiger partial charge in [0.25, 0.3) is 0 Å². The molecule has 0 aliphatic rings. The van der Waals surface area contributed by atoms with Crippen LogP contribution in [0.1, 0.15) is 26.6 Å². The first-order valence-electron chi connectivity index (χ1n) is 4.83. The van der Waals surface area contributed by atoms with Crippen LogP contribution in [-0.4, -0.2) is 9.38 Å². The maximum Gasteiger partial charge on any atom is 0.155 e. The van der Waals surface area contributed by atoms with Crippen LogP contribution in [-0.2, 0) is 5.41 Å². The van der Waals surface area contributed by atoms with Crippen molar-refractivity contribution in [2.45, 2.75) is 26.2 Å². The quantitative estimate of drug-likeness (QED) is 0.747. The van der Waals surface area contributed by atoms with Crippen LogP contribution < -0.4 is 5.73 Å². The molecule has 0 amide bonds. The van der Waals surface area contributed by atoms with Crippen LogP contribution in [0.15, 0.2) is 18.3 Å². The summed E-state index contributed by atoms with van der Waals surface area (Å²) in [6.45, 7) is 6.30. The standard InChI is InChI=1S/C11H14ClN3/c1-11(2,3)10-14-9(12)8-5-4-7(13)6-15(8)10/h4-6H,13H2,1-3H3. The van der Waals surface area contributed by atoms with Crippen molar-refractivity contribution in [3.63, 3.8) is 0 Å². The fraction of sp³-hybridized carbons (Fsp3) is 0.364. The Balaban J connectivity index is 2.81. The molecule has 80 valence electrons. The van der Waals surface area contributed by atoms with Gasteiger partial charge in [0, 0.05) is 17.3 Å². The number of anilines is 1. The molecule has 0 radical (unpaired) electrons. The minimum atomic E-state index is -0.0517. The molecule has 2 aromatic heterocycles. The lowest BCUT2D eigenvalue weighted by atomic mass is 9.96. The van der Waals surface area contributed by atoms with Crippen molar-refractivity contribution in [2.75, 3.05) is 5.73 Å². The van der Waals surface area contributed by atoms with E-state index in [0.29, 0.717) is 10.8 Å². The average Bonchev–Trinajstić information content (AvgIpc) is 2.42. The molecule has 3 nitrogen and oxygen atoms in total. The maximum atomic E-state index is 6.06. The molecule has 0 aromatic carbocycles. The molecule has 0 bridgehead atoms. The van der Waals surface area contributed by atoms with Crippen LogP contribution in [0, 0.1) is 0 Å². The second-order valence-corrected chi connectivity index (χ2v) is 5.05. The van der Waals surface area contributed by atoms with Gasteiger partial charge in [-0.3, -0.25) is 4.40 Å². The van der Waals surface area contributed by atoms with Crippen LogP contribution >= 0.6 is 11.6 Å². The van der Waals surface area contributed by atoms with Crippen molar-refractivity contribution >= 4 is 22.8 Å². The Morgan fingerprint density at radius 2 is 2.00 bits per heavy atom. The summed E-state index contributed by atoms with van der Waals surface area (Å²) in [6, 6.07) is 3.72. The first-order chi connectivity index (χ1) is 6.89. The van der Waals surface area contributed by atoms with Crippen molar-refractivity contribution in [3.8, 4) is 0 Å². The number of nitrogens with zero attached hydrogens (tertiary/aromatic N) is 2. The number of halogens is 1. The molecule has 0 fully saturated rings. The van der Waals surface area contributed by atoms with Crippen LogP contribution in [0.2, 0.25) is 5.15 Å². The first-order valence-corrected chi connectivity index (χ1v) is 5.21. The second-order valence-electron chi connectivity index (χ2n) is 4.69. The van der Waals surface area contributed by atoms with E-state index >= 15 is 0 Å². The Hall–Kier alpha value is -1.22. The average molecular weight is 224 g/mol. The lowest BCUT2D eigenvalue weighted by Gasteiger charge is -2.16. The third kappa shape index (κ3) is 1.67.